The molecule has 2 bridgehead atoms. The molecule has 0 radical (unpaired) electrons. The molecule has 5 aromatic heterocycles. The van der Waals surface area contributed by atoms with Gasteiger partial charge in [0.05, 0.1) is 61.4 Å². The number of ether oxygens (including phenoxy) is 1. The molecule has 5 N–H and O–H groups in total. The highest BCUT2D eigenvalue weighted by atomic mass is 16.6. The van der Waals surface area contributed by atoms with Gasteiger partial charge in [0.1, 0.15) is 22.8 Å². The van der Waals surface area contributed by atoms with Crippen molar-refractivity contribution in [2.24, 2.45) is 10.8 Å². The fraction of sp³-hybridized carbons (Fsp3) is 0.136. The SMILES string of the molecule is CC1(C)[C@@]2(C(=O)Nc3cccc4ccc(C(=O)Nc5cccc6ccc(C(=O)Nc7cccc8ccc(C(=O)Nc9cccc%10ccc(C(=O)Nc%11cccc%12cccnc%11%12)nc9%10)nc78)nc56)nc34)CC[C@]1(C)C(=O)O2. The van der Waals surface area contributed by atoms with Gasteiger partial charge in [-0.1, -0.05) is 105 Å². The van der Waals surface area contributed by atoms with Crippen molar-refractivity contribution in [3.05, 3.63) is 181 Å². The van der Waals surface area contributed by atoms with E-state index in [0.717, 1.165) is 5.39 Å². The number of nitrogens with zero attached hydrogens (tertiary/aromatic N) is 5. The van der Waals surface area contributed by atoms with Crippen molar-refractivity contribution in [3.8, 4) is 0 Å². The van der Waals surface area contributed by atoms with Crippen molar-refractivity contribution >= 4 is 118 Å². The van der Waals surface area contributed by atoms with Gasteiger partial charge in [-0.2, -0.15) is 0 Å². The van der Waals surface area contributed by atoms with Crippen LogP contribution in [0.2, 0.25) is 0 Å². The fourth-order valence-corrected chi connectivity index (χ4v) is 10.4. The lowest BCUT2D eigenvalue weighted by molar-refractivity contribution is -0.165. The van der Waals surface area contributed by atoms with Crippen molar-refractivity contribution < 1.29 is 33.5 Å². The molecule has 2 atom stereocenters. The highest BCUT2D eigenvalue weighted by molar-refractivity contribution is 6.14. The van der Waals surface area contributed by atoms with Crippen LogP contribution in [0.3, 0.4) is 0 Å². The van der Waals surface area contributed by atoms with Gasteiger partial charge in [-0.05, 0) is 80.4 Å². The molecule has 76 heavy (non-hydrogen) atoms. The van der Waals surface area contributed by atoms with E-state index in [9.17, 15) is 28.8 Å². The van der Waals surface area contributed by atoms with Gasteiger partial charge in [-0.25, -0.2) is 19.9 Å². The maximum Gasteiger partial charge on any atom is 0.313 e. The summed E-state index contributed by atoms with van der Waals surface area (Å²) in [6.07, 6.45) is 2.57. The van der Waals surface area contributed by atoms with E-state index in [4.69, 9.17) is 9.72 Å². The zero-order valence-corrected chi connectivity index (χ0v) is 41.0. The molecule has 372 valence electrons. The van der Waals surface area contributed by atoms with Gasteiger partial charge in [0.25, 0.3) is 29.5 Å². The number of para-hydroxylation sites is 5. The van der Waals surface area contributed by atoms with Crippen LogP contribution in [0.1, 0.15) is 75.6 Å². The summed E-state index contributed by atoms with van der Waals surface area (Å²) in [5.41, 5.74) is 1.32. The number of carbonyl (C=O) groups excluding carboxylic acids is 6. The van der Waals surface area contributed by atoms with E-state index >= 15 is 0 Å². The smallest absolute Gasteiger partial charge is 0.313 e. The van der Waals surface area contributed by atoms with E-state index < -0.39 is 46.0 Å². The molecule has 17 heteroatoms. The van der Waals surface area contributed by atoms with Gasteiger partial charge in [-0.3, -0.25) is 33.8 Å². The average Bonchev–Trinajstić information content (AvgIpc) is 3.97. The summed E-state index contributed by atoms with van der Waals surface area (Å²) in [5, 5.41) is 18.1. The quantitative estimate of drug-likeness (QED) is 0.0805. The van der Waals surface area contributed by atoms with E-state index in [2.05, 4.69) is 46.5 Å². The average molecular weight is 1010 g/mol. The standard InChI is InChI=1S/C59H44N10O7/c1-57(2)58(3)29-30-59(57,76-56(58)75)55(74)69-41-20-8-14-36-24-28-45(64-50(36)41)54(73)68-40-19-7-13-35-23-27-44(63-49(35)40)53(72)67-39-18-6-12-34-22-26-43(62-48(34)39)52(71)66-38-17-5-11-33-21-25-42(61-47(33)38)51(70)65-37-16-4-10-32-15-9-31-60-46(32)37/h4-28,31H,29-30H2,1-3H3,(H,65,70)(H,66,71)(H,67,72)(H,68,73)(H,69,74)/t58-,59+/m1/s1. The Morgan fingerprint density at radius 1 is 0.408 bits per heavy atom. The van der Waals surface area contributed by atoms with Crippen LogP contribution in [0.25, 0.3) is 54.5 Å². The molecule has 1 saturated carbocycles. The number of hydrogen-bond acceptors (Lipinski definition) is 12. The van der Waals surface area contributed by atoms with Crippen molar-refractivity contribution in [2.75, 3.05) is 26.6 Å². The van der Waals surface area contributed by atoms with Crippen molar-refractivity contribution in [1.82, 2.24) is 24.9 Å². The Morgan fingerprint density at radius 2 is 0.737 bits per heavy atom. The minimum absolute atomic E-state index is 0.0350. The largest absolute Gasteiger partial charge is 0.448 e. The molecule has 2 aliphatic rings. The van der Waals surface area contributed by atoms with E-state index in [-0.39, 0.29) is 28.7 Å². The van der Waals surface area contributed by atoms with E-state index in [1.807, 2.05) is 57.2 Å². The number of pyridine rings is 5. The van der Waals surface area contributed by atoms with Crippen molar-refractivity contribution in [2.45, 2.75) is 39.2 Å². The summed E-state index contributed by atoms with van der Waals surface area (Å²) < 4.78 is 5.82. The maximum absolute atomic E-state index is 14.0. The van der Waals surface area contributed by atoms with Gasteiger partial charge < -0.3 is 31.3 Å². The zero-order valence-electron chi connectivity index (χ0n) is 41.0. The Hall–Kier alpha value is -10.0. The number of hydrogen-bond donors (Lipinski definition) is 5. The summed E-state index contributed by atoms with van der Waals surface area (Å²) in [6.45, 7) is 5.61. The summed E-state index contributed by atoms with van der Waals surface area (Å²) in [7, 11) is 0. The molecule has 0 unspecified atom stereocenters. The molecule has 10 aromatic rings. The third-order valence-electron chi connectivity index (χ3n) is 15.1. The number of anilines is 5. The number of amides is 5. The second-order valence-electron chi connectivity index (χ2n) is 19.6. The molecule has 17 nitrogen and oxygen atoms in total. The van der Waals surface area contributed by atoms with Gasteiger partial charge in [-0.15, -0.1) is 0 Å². The molecular weight excluding hydrogens is 961 g/mol. The highest BCUT2D eigenvalue weighted by Gasteiger charge is 2.75. The lowest BCUT2D eigenvalue weighted by atomic mass is 9.66. The Bertz CT molecular complexity index is 4180. The number of esters is 1. The van der Waals surface area contributed by atoms with Gasteiger partial charge in [0, 0.05) is 38.5 Å². The van der Waals surface area contributed by atoms with Crippen molar-refractivity contribution in [1.29, 1.82) is 0 Å². The molecule has 5 amide bonds. The Balaban J connectivity index is 0.763. The van der Waals surface area contributed by atoms with Crippen LogP contribution in [-0.4, -0.2) is 66.0 Å². The maximum atomic E-state index is 14.0. The number of aromatic nitrogens is 5. The highest BCUT2D eigenvalue weighted by Crippen LogP contribution is 2.65. The van der Waals surface area contributed by atoms with Gasteiger partial charge in [0.2, 0.25) is 0 Å². The number of nitrogens with one attached hydrogen (secondary N) is 5. The monoisotopic (exact) mass is 1000 g/mol. The van der Waals surface area contributed by atoms with Crippen LogP contribution in [0, 0.1) is 10.8 Å². The molecule has 0 spiro atoms. The molecule has 12 rings (SSSR count). The van der Waals surface area contributed by atoms with E-state index in [1.54, 1.807) is 121 Å². The lowest BCUT2D eigenvalue weighted by Gasteiger charge is -2.35. The van der Waals surface area contributed by atoms with Crippen LogP contribution in [-0.2, 0) is 14.3 Å². The number of carbonyl (C=O) groups is 6. The Morgan fingerprint density at radius 3 is 1.08 bits per heavy atom. The predicted octanol–water partition coefficient (Wildman–Crippen LogP) is 10.5. The molecule has 1 aliphatic heterocycles. The summed E-state index contributed by atoms with van der Waals surface area (Å²) in [4.78, 5) is 106. The first-order valence-electron chi connectivity index (χ1n) is 24.4. The van der Waals surface area contributed by atoms with Gasteiger partial charge in [0.15, 0.2) is 5.60 Å². The minimum Gasteiger partial charge on any atom is -0.448 e. The summed E-state index contributed by atoms with van der Waals surface area (Å²) in [6, 6.07) is 43.5. The first-order chi connectivity index (χ1) is 36.7. The Kier molecular flexibility index (Phi) is 11.1. The number of benzene rings is 5. The zero-order chi connectivity index (χ0) is 52.5. The molecule has 1 aliphatic carbocycles. The summed E-state index contributed by atoms with van der Waals surface area (Å²) >= 11 is 0. The predicted molar refractivity (Wildman–Crippen MR) is 289 cm³/mol. The summed E-state index contributed by atoms with van der Waals surface area (Å²) in [5.74, 6) is -2.98. The second-order valence-corrected chi connectivity index (χ2v) is 19.6. The van der Waals surface area contributed by atoms with Crippen LogP contribution < -0.4 is 26.6 Å². The first-order valence-corrected chi connectivity index (χ1v) is 24.4. The minimum atomic E-state index is -1.35. The fourth-order valence-electron chi connectivity index (χ4n) is 10.4. The number of rotatable bonds is 10. The number of fused-ring (bicyclic) bond motifs is 7. The van der Waals surface area contributed by atoms with Gasteiger partial charge >= 0.3 is 5.97 Å². The normalized spacial score (nSPS) is 17.4. The topological polar surface area (TPSA) is 236 Å². The molecule has 6 heterocycles. The van der Waals surface area contributed by atoms with E-state index in [0.29, 0.717) is 90.4 Å². The third kappa shape index (κ3) is 7.75. The molecule has 2 fully saturated rings. The van der Waals surface area contributed by atoms with Crippen LogP contribution in [0.15, 0.2) is 158 Å². The van der Waals surface area contributed by atoms with E-state index in [1.165, 1.54) is 0 Å². The third-order valence-corrected chi connectivity index (χ3v) is 15.1. The lowest BCUT2D eigenvalue weighted by Crippen LogP contribution is -2.50. The molecular formula is C59H44N10O7. The first kappa shape index (κ1) is 47.0. The molecule has 5 aromatic carbocycles. The Labute approximate surface area is 432 Å². The molecule has 1 saturated heterocycles. The van der Waals surface area contributed by atoms with Crippen LogP contribution >= 0.6 is 0 Å². The van der Waals surface area contributed by atoms with Crippen LogP contribution in [0.4, 0.5) is 28.4 Å². The van der Waals surface area contributed by atoms with Crippen LogP contribution in [0.5, 0.6) is 0 Å². The second kappa shape index (κ2) is 17.9. The van der Waals surface area contributed by atoms with Crippen molar-refractivity contribution in [3.63, 3.8) is 0 Å².